The SMILES string of the molecule is C=CCCCCCCCCCCCCCCCC. The Morgan fingerprint density at radius 1 is 0.556 bits per heavy atom. The lowest BCUT2D eigenvalue weighted by Crippen LogP contribution is -1.83. The molecule has 0 aliphatic rings. The molecule has 0 atom stereocenters. The molecule has 0 rings (SSSR count). The van der Waals surface area contributed by atoms with Gasteiger partial charge in [0.05, 0.1) is 0 Å². The standard InChI is InChI=1S/C18H36/c1-3-5-7-9-11-13-15-17-18-16-14-12-10-8-6-4-2/h3H,1,4-18H2,2H3. The van der Waals surface area contributed by atoms with Crippen LogP contribution >= 0.6 is 0 Å². The molecule has 0 aromatic heterocycles. The lowest BCUT2D eigenvalue weighted by Gasteiger charge is -2.02. The molecule has 0 amide bonds. The predicted octanol–water partition coefficient (Wildman–Crippen LogP) is 7.04. The van der Waals surface area contributed by atoms with Crippen LogP contribution in [0.15, 0.2) is 12.7 Å². The first kappa shape index (κ1) is 17.7. The average Bonchev–Trinajstić information content (AvgIpc) is 2.39. The van der Waals surface area contributed by atoms with Crippen LogP contribution in [0.3, 0.4) is 0 Å². The zero-order valence-electron chi connectivity index (χ0n) is 12.9. The zero-order chi connectivity index (χ0) is 13.3. The van der Waals surface area contributed by atoms with Gasteiger partial charge < -0.3 is 0 Å². The second-order valence-electron chi connectivity index (χ2n) is 5.67. The lowest BCUT2D eigenvalue weighted by atomic mass is 10.0. The summed E-state index contributed by atoms with van der Waals surface area (Å²) in [7, 11) is 0. The van der Waals surface area contributed by atoms with E-state index < -0.39 is 0 Å². The molecule has 0 aromatic rings. The summed E-state index contributed by atoms with van der Waals surface area (Å²) in [4.78, 5) is 0. The Morgan fingerprint density at radius 3 is 1.22 bits per heavy atom. The summed E-state index contributed by atoms with van der Waals surface area (Å²) < 4.78 is 0. The topological polar surface area (TPSA) is 0 Å². The van der Waals surface area contributed by atoms with Crippen molar-refractivity contribution in [2.75, 3.05) is 0 Å². The van der Waals surface area contributed by atoms with E-state index in [1.54, 1.807) is 0 Å². The van der Waals surface area contributed by atoms with Crippen LogP contribution < -0.4 is 0 Å². The highest BCUT2D eigenvalue weighted by atomic mass is 14.0. The van der Waals surface area contributed by atoms with Gasteiger partial charge in [0.25, 0.3) is 0 Å². The van der Waals surface area contributed by atoms with E-state index in [1.165, 1.54) is 96.3 Å². The molecule has 0 radical (unpaired) electrons. The lowest BCUT2D eigenvalue weighted by molar-refractivity contribution is 0.536. The van der Waals surface area contributed by atoms with Crippen molar-refractivity contribution in [2.24, 2.45) is 0 Å². The van der Waals surface area contributed by atoms with Crippen molar-refractivity contribution in [3.05, 3.63) is 12.7 Å². The molecule has 0 bridgehead atoms. The molecular weight excluding hydrogens is 216 g/mol. The molecule has 0 heterocycles. The fourth-order valence-corrected chi connectivity index (χ4v) is 2.48. The Kier molecular flexibility index (Phi) is 16.5. The Hall–Kier alpha value is -0.260. The molecule has 0 saturated carbocycles. The van der Waals surface area contributed by atoms with Crippen LogP contribution in [0.2, 0.25) is 0 Å². The summed E-state index contributed by atoms with van der Waals surface area (Å²) in [6.07, 6.45) is 23.5. The first-order valence-corrected chi connectivity index (χ1v) is 8.52. The van der Waals surface area contributed by atoms with Crippen molar-refractivity contribution in [3.63, 3.8) is 0 Å². The van der Waals surface area contributed by atoms with Gasteiger partial charge in [-0.25, -0.2) is 0 Å². The Labute approximate surface area is 116 Å². The third-order valence-corrected chi connectivity index (χ3v) is 3.76. The van der Waals surface area contributed by atoms with Gasteiger partial charge >= 0.3 is 0 Å². The largest absolute Gasteiger partial charge is 0.103 e. The van der Waals surface area contributed by atoms with Crippen LogP contribution in [0.1, 0.15) is 103 Å². The highest BCUT2D eigenvalue weighted by Gasteiger charge is 1.93. The van der Waals surface area contributed by atoms with Crippen LogP contribution in [0, 0.1) is 0 Å². The molecule has 0 aliphatic heterocycles. The number of hydrogen-bond acceptors (Lipinski definition) is 0. The van der Waals surface area contributed by atoms with E-state index in [9.17, 15) is 0 Å². The average molecular weight is 252 g/mol. The summed E-state index contributed by atoms with van der Waals surface area (Å²) in [5.74, 6) is 0. The molecule has 0 aromatic carbocycles. The minimum absolute atomic E-state index is 1.21. The summed E-state index contributed by atoms with van der Waals surface area (Å²) >= 11 is 0. The van der Waals surface area contributed by atoms with Gasteiger partial charge in [0, 0.05) is 0 Å². The van der Waals surface area contributed by atoms with Gasteiger partial charge in [0.2, 0.25) is 0 Å². The van der Waals surface area contributed by atoms with E-state index >= 15 is 0 Å². The maximum atomic E-state index is 3.76. The molecule has 0 nitrogen and oxygen atoms in total. The number of rotatable bonds is 15. The first-order valence-electron chi connectivity index (χ1n) is 8.52. The van der Waals surface area contributed by atoms with Gasteiger partial charge in [0.15, 0.2) is 0 Å². The monoisotopic (exact) mass is 252 g/mol. The molecule has 0 unspecified atom stereocenters. The van der Waals surface area contributed by atoms with Gasteiger partial charge in [-0.05, 0) is 12.8 Å². The maximum Gasteiger partial charge on any atom is -0.0353 e. The van der Waals surface area contributed by atoms with Crippen LogP contribution in [0.25, 0.3) is 0 Å². The Balaban J connectivity index is 2.88. The van der Waals surface area contributed by atoms with E-state index in [4.69, 9.17) is 0 Å². The first-order chi connectivity index (χ1) is 8.91. The summed E-state index contributed by atoms with van der Waals surface area (Å²) in [6.45, 7) is 6.05. The van der Waals surface area contributed by atoms with Crippen LogP contribution in [-0.2, 0) is 0 Å². The molecule has 18 heavy (non-hydrogen) atoms. The molecule has 0 heteroatoms. The van der Waals surface area contributed by atoms with Crippen LogP contribution in [0.4, 0.5) is 0 Å². The highest BCUT2D eigenvalue weighted by molar-refractivity contribution is 4.65. The minimum Gasteiger partial charge on any atom is -0.103 e. The predicted molar refractivity (Wildman–Crippen MR) is 85.1 cm³/mol. The molecular formula is C18H36. The summed E-state index contributed by atoms with van der Waals surface area (Å²) in [5.41, 5.74) is 0. The van der Waals surface area contributed by atoms with Gasteiger partial charge in [0.1, 0.15) is 0 Å². The van der Waals surface area contributed by atoms with Gasteiger partial charge in [-0.1, -0.05) is 96.5 Å². The van der Waals surface area contributed by atoms with Crippen molar-refractivity contribution in [1.82, 2.24) is 0 Å². The minimum atomic E-state index is 1.21. The Morgan fingerprint density at radius 2 is 0.889 bits per heavy atom. The Bertz CT molecular complexity index is 148. The van der Waals surface area contributed by atoms with Crippen molar-refractivity contribution in [3.8, 4) is 0 Å². The molecule has 0 aliphatic carbocycles. The summed E-state index contributed by atoms with van der Waals surface area (Å²) in [6, 6.07) is 0. The fourth-order valence-electron chi connectivity index (χ4n) is 2.48. The van der Waals surface area contributed by atoms with Crippen molar-refractivity contribution in [2.45, 2.75) is 103 Å². The quantitative estimate of drug-likeness (QED) is 0.216. The van der Waals surface area contributed by atoms with Gasteiger partial charge in [-0.3, -0.25) is 0 Å². The smallest absolute Gasteiger partial charge is 0.0353 e. The maximum absolute atomic E-state index is 3.76. The van der Waals surface area contributed by atoms with E-state index in [0.717, 1.165) is 0 Å². The third kappa shape index (κ3) is 15.7. The summed E-state index contributed by atoms with van der Waals surface area (Å²) in [5, 5.41) is 0. The molecule has 108 valence electrons. The van der Waals surface area contributed by atoms with Crippen LogP contribution in [0.5, 0.6) is 0 Å². The normalized spacial score (nSPS) is 10.7. The van der Waals surface area contributed by atoms with Crippen molar-refractivity contribution in [1.29, 1.82) is 0 Å². The van der Waals surface area contributed by atoms with E-state index in [-0.39, 0.29) is 0 Å². The fraction of sp³-hybridized carbons (Fsp3) is 0.889. The number of unbranched alkanes of at least 4 members (excludes halogenated alkanes) is 14. The van der Waals surface area contributed by atoms with E-state index in [2.05, 4.69) is 13.5 Å². The molecule has 0 fully saturated rings. The van der Waals surface area contributed by atoms with Gasteiger partial charge in [-0.15, -0.1) is 6.58 Å². The highest BCUT2D eigenvalue weighted by Crippen LogP contribution is 2.13. The van der Waals surface area contributed by atoms with Gasteiger partial charge in [-0.2, -0.15) is 0 Å². The van der Waals surface area contributed by atoms with E-state index in [0.29, 0.717) is 0 Å². The molecule has 0 spiro atoms. The number of hydrogen-bond donors (Lipinski definition) is 0. The van der Waals surface area contributed by atoms with Crippen LogP contribution in [-0.4, -0.2) is 0 Å². The third-order valence-electron chi connectivity index (χ3n) is 3.76. The van der Waals surface area contributed by atoms with Crippen molar-refractivity contribution < 1.29 is 0 Å². The zero-order valence-corrected chi connectivity index (χ0v) is 12.9. The van der Waals surface area contributed by atoms with E-state index in [1.807, 2.05) is 6.08 Å². The molecule has 0 saturated heterocycles. The number of allylic oxidation sites excluding steroid dienone is 1. The molecule has 0 N–H and O–H groups in total. The second-order valence-corrected chi connectivity index (χ2v) is 5.67. The van der Waals surface area contributed by atoms with Crippen molar-refractivity contribution >= 4 is 0 Å². The second kappa shape index (κ2) is 16.7.